The molecule has 1 aromatic heterocycles. The summed E-state index contributed by atoms with van der Waals surface area (Å²) in [6.07, 6.45) is -13.6. The van der Waals surface area contributed by atoms with Crippen LogP contribution in [0.3, 0.4) is 0 Å². The van der Waals surface area contributed by atoms with Gasteiger partial charge >= 0.3 is 18.1 Å². The van der Waals surface area contributed by atoms with Gasteiger partial charge in [0.1, 0.15) is 18.3 Å². The summed E-state index contributed by atoms with van der Waals surface area (Å²) >= 11 is 0. The van der Waals surface area contributed by atoms with Crippen molar-refractivity contribution in [2.45, 2.75) is 50.4 Å². The van der Waals surface area contributed by atoms with Crippen molar-refractivity contribution < 1.29 is 57.8 Å². The van der Waals surface area contributed by atoms with Crippen molar-refractivity contribution in [3.63, 3.8) is 0 Å². The summed E-state index contributed by atoms with van der Waals surface area (Å²) in [6, 6.07) is 4.66. The van der Waals surface area contributed by atoms with Crippen LogP contribution in [0.5, 0.6) is 0 Å². The minimum Gasteiger partial charge on any atom is -0.479 e. The van der Waals surface area contributed by atoms with Crippen molar-refractivity contribution in [3.05, 3.63) is 47.2 Å². The van der Waals surface area contributed by atoms with E-state index in [9.17, 15) is 43.2 Å². The van der Waals surface area contributed by atoms with E-state index >= 15 is 0 Å². The Kier molecular flexibility index (Phi) is 7.33. The van der Waals surface area contributed by atoms with Crippen molar-refractivity contribution in [1.29, 1.82) is 0 Å². The first-order valence-corrected chi connectivity index (χ1v) is 9.99. The molecule has 1 fully saturated rings. The highest BCUT2D eigenvalue weighted by molar-refractivity contribution is 5.94. The molecule has 3 rings (SSSR count). The van der Waals surface area contributed by atoms with E-state index in [1.54, 1.807) is 0 Å². The van der Waals surface area contributed by atoms with Gasteiger partial charge in [-0.3, -0.25) is 0 Å². The number of carbonyl (C=O) groups is 2. The van der Waals surface area contributed by atoms with Gasteiger partial charge in [-0.2, -0.15) is 13.2 Å². The van der Waals surface area contributed by atoms with Crippen LogP contribution in [0.15, 0.2) is 30.5 Å². The Morgan fingerprint density at radius 1 is 1.12 bits per heavy atom. The van der Waals surface area contributed by atoms with Crippen molar-refractivity contribution >= 4 is 11.9 Å². The largest absolute Gasteiger partial charge is 0.479 e. The molecule has 5 atom stereocenters. The lowest BCUT2D eigenvalue weighted by Crippen LogP contribution is -2.60. The molecular weight excluding hydrogens is 467 g/mol. The standard InChI is InChI=1S/C21H22F3NO9/c1-9-11(19(32)34-20-16(29)14(27)15(28)17(33-20)18(30)31)8-25(6-7-26)13(9)10-4-2-3-5-12(10)21(22,23)24/h2-5,8,14-17,20,26-29H,6-7H2,1H3,(H,30,31)/t14-,15-,16+,17-,20-/m0/s1. The summed E-state index contributed by atoms with van der Waals surface area (Å²) in [6.45, 7) is 0.729. The van der Waals surface area contributed by atoms with Crippen LogP contribution in [0.1, 0.15) is 21.5 Å². The number of carboxylic acid groups (broad SMARTS) is 1. The second kappa shape index (κ2) is 9.72. The Labute approximate surface area is 190 Å². The van der Waals surface area contributed by atoms with E-state index in [0.29, 0.717) is 0 Å². The van der Waals surface area contributed by atoms with Gasteiger partial charge in [0.05, 0.1) is 23.4 Å². The first-order valence-electron chi connectivity index (χ1n) is 9.99. The van der Waals surface area contributed by atoms with Gasteiger partial charge in [-0.15, -0.1) is 0 Å². The van der Waals surface area contributed by atoms with Crippen molar-refractivity contribution in [1.82, 2.24) is 4.57 Å². The van der Waals surface area contributed by atoms with E-state index in [4.69, 9.17) is 14.6 Å². The molecule has 0 spiro atoms. The van der Waals surface area contributed by atoms with Gasteiger partial charge in [-0.05, 0) is 18.6 Å². The van der Waals surface area contributed by atoms with E-state index < -0.39 is 61.0 Å². The predicted molar refractivity (Wildman–Crippen MR) is 106 cm³/mol. The number of aliphatic carboxylic acids is 1. The number of esters is 1. The Morgan fingerprint density at radius 3 is 2.35 bits per heavy atom. The lowest BCUT2D eigenvalue weighted by atomic mass is 9.99. The molecule has 2 heterocycles. The average molecular weight is 489 g/mol. The third kappa shape index (κ3) is 4.79. The molecular formula is C21H22F3NO9. The van der Waals surface area contributed by atoms with Gasteiger partial charge < -0.3 is 39.6 Å². The van der Waals surface area contributed by atoms with E-state index in [1.165, 1.54) is 29.7 Å². The average Bonchev–Trinajstić information content (AvgIpc) is 3.09. The Balaban J connectivity index is 1.99. The zero-order valence-corrected chi connectivity index (χ0v) is 17.6. The molecule has 186 valence electrons. The van der Waals surface area contributed by atoms with Crippen LogP contribution in [0.4, 0.5) is 13.2 Å². The number of nitrogens with zero attached hydrogens (tertiary/aromatic N) is 1. The van der Waals surface area contributed by atoms with E-state index in [0.717, 1.165) is 12.3 Å². The van der Waals surface area contributed by atoms with Crippen molar-refractivity contribution in [2.75, 3.05) is 6.61 Å². The minimum absolute atomic E-state index is 0.0158. The normalized spacial score (nSPS) is 25.2. The quantitative estimate of drug-likeness (QED) is 0.365. The fourth-order valence-electron chi connectivity index (χ4n) is 3.76. The van der Waals surface area contributed by atoms with Crippen molar-refractivity contribution in [3.8, 4) is 11.3 Å². The van der Waals surface area contributed by atoms with E-state index in [-0.39, 0.29) is 28.9 Å². The molecule has 5 N–H and O–H groups in total. The number of rotatable bonds is 6. The lowest BCUT2D eigenvalue weighted by Gasteiger charge is -2.37. The molecule has 0 aliphatic carbocycles. The maximum absolute atomic E-state index is 13.6. The molecule has 1 aromatic carbocycles. The van der Waals surface area contributed by atoms with Crippen LogP contribution >= 0.6 is 0 Å². The van der Waals surface area contributed by atoms with Crippen molar-refractivity contribution in [2.24, 2.45) is 0 Å². The number of aliphatic hydroxyl groups is 4. The molecule has 0 amide bonds. The van der Waals surface area contributed by atoms with Gasteiger partial charge in [0.2, 0.25) is 6.29 Å². The van der Waals surface area contributed by atoms with Crippen LogP contribution in [-0.2, 0) is 27.0 Å². The molecule has 0 radical (unpaired) electrons. The third-order valence-electron chi connectivity index (χ3n) is 5.42. The SMILES string of the molecule is Cc1c(C(=O)O[C@@H]2O[C@H](C(=O)O)[C@@H](O)[C@H](O)[C@H]2O)cn(CCO)c1-c1ccccc1C(F)(F)F. The summed E-state index contributed by atoms with van der Waals surface area (Å²) in [4.78, 5) is 24.0. The number of carboxylic acids is 1. The molecule has 2 aromatic rings. The van der Waals surface area contributed by atoms with Gasteiger partial charge in [0, 0.05) is 18.3 Å². The summed E-state index contributed by atoms with van der Waals surface area (Å²) in [5.41, 5.74) is -1.43. The Morgan fingerprint density at radius 2 is 1.76 bits per heavy atom. The molecule has 1 aliphatic rings. The highest BCUT2D eigenvalue weighted by Crippen LogP contribution is 2.39. The first kappa shape index (κ1) is 25.6. The monoisotopic (exact) mass is 489 g/mol. The lowest BCUT2D eigenvalue weighted by molar-refractivity contribution is -0.278. The maximum atomic E-state index is 13.6. The van der Waals surface area contributed by atoms with Gasteiger partial charge in [0.25, 0.3) is 0 Å². The number of aromatic nitrogens is 1. The molecule has 0 saturated carbocycles. The summed E-state index contributed by atoms with van der Waals surface area (Å²) < 4.78 is 51.9. The summed E-state index contributed by atoms with van der Waals surface area (Å²) in [7, 11) is 0. The smallest absolute Gasteiger partial charge is 0.417 e. The number of aliphatic hydroxyl groups excluding tert-OH is 4. The Bertz CT molecular complexity index is 1070. The van der Waals surface area contributed by atoms with E-state index in [2.05, 4.69) is 0 Å². The molecule has 13 heteroatoms. The van der Waals surface area contributed by atoms with E-state index in [1.807, 2.05) is 0 Å². The number of alkyl halides is 3. The third-order valence-corrected chi connectivity index (χ3v) is 5.42. The number of hydrogen-bond donors (Lipinski definition) is 5. The predicted octanol–water partition coefficient (Wildman–Crippen LogP) is 0.524. The van der Waals surface area contributed by atoms with Crippen LogP contribution in [0, 0.1) is 6.92 Å². The number of hydrogen-bond acceptors (Lipinski definition) is 8. The Hall–Kier alpha value is -2.97. The van der Waals surface area contributed by atoms with Crippen LogP contribution < -0.4 is 0 Å². The molecule has 1 saturated heterocycles. The van der Waals surface area contributed by atoms with Gasteiger partial charge in [0.15, 0.2) is 6.10 Å². The first-order chi connectivity index (χ1) is 15.9. The zero-order valence-electron chi connectivity index (χ0n) is 17.6. The molecule has 1 aliphatic heterocycles. The summed E-state index contributed by atoms with van der Waals surface area (Å²) in [5.74, 6) is -2.88. The fraction of sp³-hybridized carbons (Fsp3) is 0.429. The summed E-state index contributed by atoms with van der Waals surface area (Å²) in [5, 5.41) is 48.1. The maximum Gasteiger partial charge on any atom is 0.417 e. The van der Waals surface area contributed by atoms with Gasteiger partial charge in [-0.25, -0.2) is 9.59 Å². The number of ether oxygens (including phenoxy) is 2. The number of benzene rings is 1. The van der Waals surface area contributed by atoms with Crippen LogP contribution in [0.25, 0.3) is 11.3 Å². The minimum atomic E-state index is -4.71. The fourth-order valence-corrected chi connectivity index (χ4v) is 3.76. The highest BCUT2D eigenvalue weighted by atomic mass is 19.4. The van der Waals surface area contributed by atoms with Crippen LogP contribution in [-0.4, -0.2) is 79.4 Å². The molecule has 10 nitrogen and oxygen atoms in total. The highest BCUT2D eigenvalue weighted by Gasteiger charge is 2.48. The second-order valence-corrected chi connectivity index (χ2v) is 7.62. The number of halogens is 3. The number of carbonyl (C=O) groups excluding carboxylic acids is 1. The molecule has 34 heavy (non-hydrogen) atoms. The second-order valence-electron chi connectivity index (χ2n) is 7.62. The van der Waals surface area contributed by atoms with Gasteiger partial charge in [-0.1, -0.05) is 18.2 Å². The van der Waals surface area contributed by atoms with Crippen LogP contribution in [0.2, 0.25) is 0 Å². The topological polar surface area (TPSA) is 159 Å². The zero-order chi connectivity index (χ0) is 25.4. The molecule has 0 unspecified atom stereocenters. The molecule has 0 bridgehead atoms.